The van der Waals surface area contributed by atoms with E-state index in [4.69, 9.17) is 0 Å². The van der Waals surface area contributed by atoms with E-state index in [0.29, 0.717) is 18.4 Å². The number of aryl methyl sites for hydroxylation is 1. The molecule has 0 unspecified atom stereocenters. The Hall–Kier alpha value is -1.84. The molecule has 0 saturated heterocycles. The zero-order valence-corrected chi connectivity index (χ0v) is 15.4. The lowest BCUT2D eigenvalue weighted by molar-refractivity contribution is -0.138. The maximum absolute atomic E-state index is 12.7. The molecule has 2 amide bonds. The summed E-state index contributed by atoms with van der Waals surface area (Å²) in [5.74, 6) is 0.114. The molecular formula is C19H30N2O2. The van der Waals surface area contributed by atoms with Crippen LogP contribution in [-0.2, 0) is 9.59 Å². The minimum absolute atomic E-state index is 0.247. The van der Waals surface area contributed by atoms with Crippen molar-refractivity contribution in [2.45, 2.75) is 54.4 Å². The molecule has 0 heterocycles. The molecule has 0 aliphatic rings. The number of para-hydroxylation sites is 1. The van der Waals surface area contributed by atoms with Crippen molar-refractivity contribution >= 4 is 17.5 Å². The van der Waals surface area contributed by atoms with E-state index in [1.54, 1.807) is 13.8 Å². The number of hydrogen-bond donors (Lipinski definition) is 2. The van der Waals surface area contributed by atoms with Gasteiger partial charge in [-0.25, -0.2) is 0 Å². The number of hydrogen-bond acceptors (Lipinski definition) is 2. The molecule has 0 fully saturated rings. The number of anilines is 1. The standard InChI is InChI=1S/C19H30N2O2/c1-12(2)11-20-17(22)19(6,7)18(23)21-16-14(5)9-8-10-15(16)13(3)4/h8-10,12-13H,11H2,1-7H3,(H,20,22)(H,21,23). The first kappa shape index (κ1) is 19.2. The van der Waals surface area contributed by atoms with Gasteiger partial charge in [0.15, 0.2) is 0 Å². The van der Waals surface area contributed by atoms with Crippen molar-refractivity contribution in [3.63, 3.8) is 0 Å². The van der Waals surface area contributed by atoms with Crippen molar-refractivity contribution in [2.24, 2.45) is 11.3 Å². The van der Waals surface area contributed by atoms with Crippen molar-refractivity contribution in [1.29, 1.82) is 0 Å². The van der Waals surface area contributed by atoms with Gasteiger partial charge >= 0.3 is 0 Å². The van der Waals surface area contributed by atoms with E-state index in [2.05, 4.69) is 24.5 Å². The first-order valence-electron chi connectivity index (χ1n) is 8.26. The Balaban J connectivity index is 2.97. The quantitative estimate of drug-likeness (QED) is 0.783. The molecule has 0 aliphatic heterocycles. The average Bonchev–Trinajstić information content (AvgIpc) is 2.46. The van der Waals surface area contributed by atoms with Crippen molar-refractivity contribution in [1.82, 2.24) is 5.32 Å². The number of carbonyl (C=O) groups is 2. The van der Waals surface area contributed by atoms with Gasteiger partial charge in [0.05, 0.1) is 0 Å². The van der Waals surface area contributed by atoms with Gasteiger partial charge in [-0.2, -0.15) is 0 Å². The maximum Gasteiger partial charge on any atom is 0.239 e. The van der Waals surface area contributed by atoms with E-state index in [1.807, 2.05) is 39.0 Å². The fraction of sp³-hybridized carbons (Fsp3) is 0.579. The first-order chi connectivity index (χ1) is 10.6. The van der Waals surface area contributed by atoms with Crippen molar-refractivity contribution in [2.75, 3.05) is 11.9 Å². The molecule has 1 aromatic rings. The lowest BCUT2D eigenvalue weighted by Gasteiger charge is -2.25. The van der Waals surface area contributed by atoms with Gasteiger partial charge in [-0.1, -0.05) is 45.9 Å². The molecule has 0 spiro atoms. The SMILES string of the molecule is Cc1cccc(C(C)C)c1NC(=O)C(C)(C)C(=O)NCC(C)C. The molecule has 23 heavy (non-hydrogen) atoms. The molecule has 0 aliphatic carbocycles. The van der Waals surface area contributed by atoms with E-state index >= 15 is 0 Å². The van der Waals surface area contributed by atoms with Crippen molar-refractivity contribution < 1.29 is 9.59 Å². The molecule has 2 N–H and O–H groups in total. The summed E-state index contributed by atoms with van der Waals surface area (Å²) in [6.45, 7) is 14.1. The Kier molecular flexibility index (Phi) is 6.37. The van der Waals surface area contributed by atoms with Crippen LogP contribution in [0.25, 0.3) is 0 Å². The third-order valence-corrected chi connectivity index (χ3v) is 3.97. The van der Waals surface area contributed by atoms with Crippen LogP contribution in [0.5, 0.6) is 0 Å². The molecule has 0 atom stereocenters. The van der Waals surface area contributed by atoms with Gasteiger partial charge in [-0.05, 0) is 43.7 Å². The summed E-state index contributed by atoms with van der Waals surface area (Å²) < 4.78 is 0. The first-order valence-corrected chi connectivity index (χ1v) is 8.26. The van der Waals surface area contributed by atoms with Gasteiger partial charge in [0.1, 0.15) is 5.41 Å². The minimum atomic E-state index is -1.12. The number of carbonyl (C=O) groups excluding carboxylic acids is 2. The summed E-state index contributed by atoms with van der Waals surface area (Å²) in [6.07, 6.45) is 0. The van der Waals surface area contributed by atoms with Gasteiger partial charge in [-0.3, -0.25) is 9.59 Å². The highest BCUT2D eigenvalue weighted by Gasteiger charge is 2.36. The lowest BCUT2D eigenvalue weighted by atomic mass is 9.89. The third-order valence-electron chi connectivity index (χ3n) is 3.97. The molecular weight excluding hydrogens is 288 g/mol. The van der Waals surface area contributed by atoms with E-state index in [9.17, 15) is 9.59 Å². The number of nitrogens with one attached hydrogen (secondary N) is 2. The molecule has 0 saturated carbocycles. The fourth-order valence-electron chi connectivity index (χ4n) is 2.23. The minimum Gasteiger partial charge on any atom is -0.355 e. The lowest BCUT2D eigenvalue weighted by Crippen LogP contribution is -2.46. The average molecular weight is 318 g/mol. The molecule has 4 nitrogen and oxygen atoms in total. The van der Waals surface area contributed by atoms with E-state index in [-0.39, 0.29) is 11.8 Å². The smallest absolute Gasteiger partial charge is 0.239 e. The van der Waals surface area contributed by atoms with E-state index in [0.717, 1.165) is 16.8 Å². The Labute approximate surface area is 140 Å². The largest absolute Gasteiger partial charge is 0.355 e. The van der Waals surface area contributed by atoms with Gasteiger partial charge in [0.2, 0.25) is 11.8 Å². The van der Waals surface area contributed by atoms with Gasteiger partial charge in [-0.15, -0.1) is 0 Å². The van der Waals surface area contributed by atoms with Crippen LogP contribution in [0.2, 0.25) is 0 Å². The molecule has 1 rings (SSSR count). The Morgan fingerprint density at radius 3 is 2.22 bits per heavy atom. The van der Waals surface area contributed by atoms with Gasteiger partial charge in [0.25, 0.3) is 0 Å². The van der Waals surface area contributed by atoms with Crippen LogP contribution in [0.15, 0.2) is 18.2 Å². The van der Waals surface area contributed by atoms with Crippen LogP contribution < -0.4 is 10.6 Å². The Bertz CT molecular complexity index is 575. The van der Waals surface area contributed by atoms with Gasteiger partial charge in [0, 0.05) is 12.2 Å². The van der Waals surface area contributed by atoms with Crippen molar-refractivity contribution in [3.05, 3.63) is 29.3 Å². The Morgan fingerprint density at radius 2 is 1.70 bits per heavy atom. The second-order valence-corrected chi connectivity index (χ2v) is 7.38. The van der Waals surface area contributed by atoms with E-state index in [1.165, 1.54) is 0 Å². The predicted molar refractivity (Wildman–Crippen MR) is 95.5 cm³/mol. The van der Waals surface area contributed by atoms with Crippen LogP contribution in [0.3, 0.4) is 0 Å². The molecule has 0 bridgehead atoms. The molecule has 128 valence electrons. The van der Waals surface area contributed by atoms with Gasteiger partial charge < -0.3 is 10.6 Å². The summed E-state index contributed by atoms with van der Waals surface area (Å²) in [4.78, 5) is 25.0. The highest BCUT2D eigenvalue weighted by Crippen LogP contribution is 2.29. The Morgan fingerprint density at radius 1 is 1.09 bits per heavy atom. The maximum atomic E-state index is 12.7. The number of amides is 2. The van der Waals surface area contributed by atoms with Crippen LogP contribution in [-0.4, -0.2) is 18.4 Å². The highest BCUT2D eigenvalue weighted by molar-refractivity contribution is 6.10. The second kappa shape index (κ2) is 7.62. The molecule has 0 radical (unpaired) electrons. The zero-order valence-electron chi connectivity index (χ0n) is 15.4. The second-order valence-electron chi connectivity index (χ2n) is 7.38. The summed E-state index contributed by atoms with van der Waals surface area (Å²) in [6, 6.07) is 5.97. The fourth-order valence-corrected chi connectivity index (χ4v) is 2.23. The van der Waals surface area contributed by atoms with Crippen LogP contribution in [0, 0.1) is 18.3 Å². The predicted octanol–water partition coefficient (Wildman–Crippen LogP) is 3.86. The topological polar surface area (TPSA) is 58.2 Å². The molecule has 0 aromatic heterocycles. The summed E-state index contributed by atoms with van der Waals surface area (Å²) >= 11 is 0. The highest BCUT2D eigenvalue weighted by atomic mass is 16.2. The summed E-state index contributed by atoms with van der Waals surface area (Å²) in [5.41, 5.74) is 1.78. The zero-order chi connectivity index (χ0) is 17.8. The van der Waals surface area contributed by atoms with Crippen molar-refractivity contribution in [3.8, 4) is 0 Å². The molecule has 1 aromatic carbocycles. The number of benzene rings is 1. The van der Waals surface area contributed by atoms with Crippen LogP contribution in [0.4, 0.5) is 5.69 Å². The summed E-state index contributed by atoms with van der Waals surface area (Å²) in [7, 11) is 0. The van der Waals surface area contributed by atoms with Crippen LogP contribution in [0.1, 0.15) is 58.6 Å². The van der Waals surface area contributed by atoms with E-state index < -0.39 is 5.41 Å². The monoisotopic (exact) mass is 318 g/mol. The normalized spacial score (nSPS) is 11.7. The number of rotatable bonds is 6. The van der Waals surface area contributed by atoms with Crippen LogP contribution >= 0.6 is 0 Å². The summed E-state index contributed by atoms with van der Waals surface area (Å²) in [5, 5.41) is 5.81. The molecule has 4 heteroatoms. The third kappa shape index (κ3) is 4.81.